The number of aliphatic hydroxyl groups excluding tert-OH is 1. The van der Waals surface area contributed by atoms with E-state index in [-0.39, 0.29) is 30.6 Å². The van der Waals surface area contributed by atoms with Gasteiger partial charge in [0.05, 0.1) is 6.10 Å². The van der Waals surface area contributed by atoms with Gasteiger partial charge >= 0.3 is 5.51 Å². The number of halogens is 4. The van der Waals surface area contributed by atoms with Gasteiger partial charge in [-0.1, -0.05) is 29.8 Å². The molecule has 0 bridgehead atoms. The minimum Gasteiger partial charge on any atom is -0.387 e. The van der Waals surface area contributed by atoms with Gasteiger partial charge in [0.25, 0.3) is 0 Å². The Morgan fingerprint density at radius 1 is 1.33 bits per heavy atom. The maximum atomic E-state index is 11.8. The van der Waals surface area contributed by atoms with Crippen LogP contribution in [0.25, 0.3) is 0 Å². The third-order valence-electron chi connectivity index (χ3n) is 2.15. The smallest absolute Gasteiger partial charge is 0.387 e. The van der Waals surface area contributed by atoms with E-state index >= 15 is 0 Å². The van der Waals surface area contributed by atoms with Crippen LogP contribution in [0.4, 0.5) is 13.2 Å². The average molecular weight is 300 g/mol. The Labute approximate surface area is 113 Å². The zero-order valence-electron chi connectivity index (χ0n) is 9.38. The third kappa shape index (κ3) is 5.95. The first-order valence-corrected chi connectivity index (χ1v) is 6.60. The molecule has 1 atom stereocenters. The molecule has 0 radical (unpaired) electrons. The summed E-state index contributed by atoms with van der Waals surface area (Å²) in [5, 5.41) is 13.0. The second kappa shape index (κ2) is 7.23. The number of thioether (sulfide) groups is 1. The summed E-state index contributed by atoms with van der Waals surface area (Å²) in [5.41, 5.74) is -3.64. The number of aliphatic hydroxyl groups is 1. The lowest BCUT2D eigenvalue weighted by Crippen LogP contribution is -2.24. The van der Waals surface area contributed by atoms with Gasteiger partial charge in [-0.2, -0.15) is 13.2 Å². The van der Waals surface area contributed by atoms with Crippen molar-refractivity contribution in [2.75, 3.05) is 18.8 Å². The molecule has 1 rings (SSSR count). The fourth-order valence-corrected chi connectivity index (χ4v) is 2.07. The van der Waals surface area contributed by atoms with Crippen molar-refractivity contribution in [2.24, 2.45) is 0 Å². The van der Waals surface area contributed by atoms with E-state index in [4.69, 9.17) is 11.6 Å². The second-order valence-electron chi connectivity index (χ2n) is 3.54. The SMILES string of the molecule is OC(CNCCSC(F)(F)F)c1ccccc1Cl. The standard InChI is InChI=1S/C11H13ClF3NOS/c12-9-4-2-1-3-8(9)10(17)7-16-5-6-18-11(13,14)15/h1-4,10,16-17H,5-7H2. The number of hydrogen-bond acceptors (Lipinski definition) is 3. The molecule has 0 amide bonds. The Morgan fingerprint density at radius 3 is 2.61 bits per heavy atom. The van der Waals surface area contributed by atoms with Crippen LogP contribution in [0.3, 0.4) is 0 Å². The Bertz CT molecular complexity index is 376. The molecule has 0 aliphatic heterocycles. The maximum absolute atomic E-state index is 11.8. The molecule has 0 heterocycles. The average Bonchev–Trinajstić information content (AvgIpc) is 2.27. The molecule has 0 saturated carbocycles. The van der Waals surface area contributed by atoms with Gasteiger partial charge in [-0.25, -0.2) is 0 Å². The Balaban J connectivity index is 2.26. The normalized spacial score (nSPS) is 13.6. The van der Waals surface area contributed by atoms with E-state index in [0.717, 1.165) is 0 Å². The highest BCUT2D eigenvalue weighted by atomic mass is 35.5. The fraction of sp³-hybridized carbons (Fsp3) is 0.455. The third-order valence-corrected chi connectivity index (χ3v) is 3.23. The van der Waals surface area contributed by atoms with Crippen molar-refractivity contribution in [2.45, 2.75) is 11.6 Å². The summed E-state index contributed by atoms with van der Waals surface area (Å²) in [4.78, 5) is 0. The molecule has 1 aromatic rings. The summed E-state index contributed by atoms with van der Waals surface area (Å²) in [6, 6.07) is 6.81. The molecule has 7 heteroatoms. The minimum absolute atomic E-state index is 0.0846. The molecule has 2 N–H and O–H groups in total. The van der Waals surface area contributed by atoms with E-state index in [1.807, 2.05) is 0 Å². The summed E-state index contributed by atoms with van der Waals surface area (Å²) in [6.07, 6.45) is -0.824. The summed E-state index contributed by atoms with van der Waals surface area (Å²) in [6.45, 7) is 0.341. The lowest BCUT2D eigenvalue weighted by Gasteiger charge is -2.13. The van der Waals surface area contributed by atoms with Gasteiger partial charge in [0, 0.05) is 29.4 Å². The lowest BCUT2D eigenvalue weighted by atomic mass is 10.1. The lowest BCUT2D eigenvalue weighted by molar-refractivity contribution is -0.0327. The Kier molecular flexibility index (Phi) is 6.28. The molecule has 1 unspecified atom stereocenters. The molecule has 0 fully saturated rings. The number of alkyl halides is 3. The van der Waals surface area contributed by atoms with Crippen LogP contribution >= 0.6 is 23.4 Å². The molecule has 0 aliphatic rings. The first-order valence-electron chi connectivity index (χ1n) is 5.24. The molecule has 18 heavy (non-hydrogen) atoms. The first-order chi connectivity index (χ1) is 8.40. The highest BCUT2D eigenvalue weighted by molar-refractivity contribution is 8.00. The summed E-state index contributed by atoms with van der Waals surface area (Å²) in [5.74, 6) is -0.0846. The Hall–Kier alpha value is -0.430. The van der Waals surface area contributed by atoms with E-state index in [2.05, 4.69) is 5.32 Å². The van der Waals surface area contributed by atoms with Crippen LogP contribution in [0.1, 0.15) is 11.7 Å². The van der Waals surface area contributed by atoms with Crippen LogP contribution in [-0.2, 0) is 0 Å². The molecule has 0 spiro atoms. The van der Waals surface area contributed by atoms with Crippen LogP contribution in [-0.4, -0.2) is 29.5 Å². The van der Waals surface area contributed by atoms with Crippen LogP contribution in [0, 0.1) is 0 Å². The van der Waals surface area contributed by atoms with Gasteiger partial charge in [0.2, 0.25) is 0 Å². The van der Waals surface area contributed by atoms with Gasteiger partial charge in [-0.15, -0.1) is 0 Å². The number of hydrogen-bond donors (Lipinski definition) is 2. The van der Waals surface area contributed by atoms with Crippen LogP contribution in [0.2, 0.25) is 5.02 Å². The van der Waals surface area contributed by atoms with Crippen molar-refractivity contribution in [1.82, 2.24) is 5.32 Å². The van der Waals surface area contributed by atoms with Crippen LogP contribution in [0.5, 0.6) is 0 Å². The minimum atomic E-state index is -4.21. The van der Waals surface area contributed by atoms with Gasteiger partial charge in [-0.3, -0.25) is 0 Å². The largest absolute Gasteiger partial charge is 0.441 e. The molecule has 2 nitrogen and oxygen atoms in total. The zero-order valence-corrected chi connectivity index (χ0v) is 10.9. The van der Waals surface area contributed by atoms with Crippen molar-refractivity contribution in [3.8, 4) is 0 Å². The van der Waals surface area contributed by atoms with Crippen molar-refractivity contribution >= 4 is 23.4 Å². The number of rotatable bonds is 6. The van der Waals surface area contributed by atoms with Crippen molar-refractivity contribution in [1.29, 1.82) is 0 Å². The van der Waals surface area contributed by atoms with E-state index < -0.39 is 11.6 Å². The quantitative estimate of drug-likeness (QED) is 0.791. The predicted octanol–water partition coefficient (Wildman–Crippen LogP) is 3.22. The molecule has 1 aromatic carbocycles. The highest BCUT2D eigenvalue weighted by Crippen LogP contribution is 2.29. The number of benzene rings is 1. The highest BCUT2D eigenvalue weighted by Gasteiger charge is 2.27. The topological polar surface area (TPSA) is 32.3 Å². The van der Waals surface area contributed by atoms with Crippen LogP contribution < -0.4 is 5.32 Å². The molecular weight excluding hydrogens is 287 g/mol. The summed E-state index contributed by atoms with van der Waals surface area (Å²) < 4.78 is 35.5. The van der Waals surface area contributed by atoms with Gasteiger partial charge in [-0.05, 0) is 17.8 Å². The van der Waals surface area contributed by atoms with E-state index in [1.165, 1.54) is 0 Å². The molecule has 102 valence electrons. The fourth-order valence-electron chi connectivity index (χ4n) is 1.33. The molecule has 0 saturated heterocycles. The van der Waals surface area contributed by atoms with E-state index in [1.54, 1.807) is 24.3 Å². The summed E-state index contributed by atoms with van der Waals surface area (Å²) in [7, 11) is 0. The van der Waals surface area contributed by atoms with Gasteiger partial charge in [0.15, 0.2) is 0 Å². The summed E-state index contributed by atoms with van der Waals surface area (Å²) >= 11 is 5.79. The van der Waals surface area contributed by atoms with E-state index in [0.29, 0.717) is 10.6 Å². The number of nitrogens with one attached hydrogen (secondary N) is 1. The maximum Gasteiger partial charge on any atom is 0.441 e. The second-order valence-corrected chi connectivity index (χ2v) is 5.10. The van der Waals surface area contributed by atoms with E-state index in [9.17, 15) is 18.3 Å². The first kappa shape index (κ1) is 15.6. The van der Waals surface area contributed by atoms with Gasteiger partial charge in [0.1, 0.15) is 0 Å². The van der Waals surface area contributed by atoms with Crippen molar-refractivity contribution in [3.63, 3.8) is 0 Å². The molecule has 0 aromatic heterocycles. The predicted molar refractivity (Wildman–Crippen MR) is 67.8 cm³/mol. The molecular formula is C11H13ClF3NOS. The molecule has 0 aliphatic carbocycles. The van der Waals surface area contributed by atoms with Crippen molar-refractivity contribution < 1.29 is 18.3 Å². The van der Waals surface area contributed by atoms with Gasteiger partial charge < -0.3 is 10.4 Å². The Morgan fingerprint density at radius 2 is 2.00 bits per heavy atom. The zero-order chi connectivity index (χ0) is 13.6. The van der Waals surface area contributed by atoms with Crippen molar-refractivity contribution in [3.05, 3.63) is 34.9 Å². The monoisotopic (exact) mass is 299 g/mol. The van der Waals surface area contributed by atoms with Crippen LogP contribution in [0.15, 0.2) is 24.3 Å².